The molecule has 112 valence electrons. The second kappa shape index (κ2) is 6.05. The van der Waals surface area contributed by atoms with Gasteiger partial charge in [-0.2, -0.15) is 0 Å². The number of ether oxygens (including phenoxy) is 2. The van der Waals surface area contributed by atoms with Crippen molar-refractivity contribution in [2.45, 2.75) is 17.8 Å². The second-order valence-electron chi connectivity index (χ2n) is 4.00. The average molecular weight is 352 g/mol. The van der Waals surface area contributed by atoms with E-state index in [1.54, 1.807) is 0 Å². The molecule has 0 atom stereocenters. The minimum absolute atomic E-state index is 0.131. The zero-order chi connectivity index (χ0) is 15.6. The van der Waals surface area contributed by atoms with E-state index < -0.39 is 10.1 Å². The fourth-order valence-corrected chi connectivity index (χ4v) is 1.71. The minimum atomic E-state index is -2.21. The molecule has 0 aliphatic carbocycles. The maximum Gasteiger partial charge on any atom is 0.457 e. The summed E-state index contributed by atoms with van der Waals surface area (Å²) in [7, 11) is 0. The lowest BCUT2D eigenvalue weighted by molar-refractivity contribution is 0.137. The van der Waals surface area contributed by atoms with Gasteiger partial charge >= 0.3 is 16.1 Å². The summed E-state index contributed by atoms with van der Waals surface area (Å²) in [6.45, 7) is 3.73. The Morgan fingerprint density at radius 2 is 1.86 bits per heavy atom. The number of carbonyl (C=O) groups excluding carboxylic acids is 1. The van der Waals surface area contributed by atoms with Gasteiger partial charge in [0.1, 0.15) is 5.75 Å². The van der Waals surface area contributed by atoms with E-state index in [1.165, 1.54) is 0 Å². The molecule has 0 aliphatic rings. The highest BCUT2D eigenvalue weighted by atomic mass is 35.6. The molecule has 1 aromatic heterocycles. The smallest absolute Gasteiger partial charge is 0.422 e. The van der Waals surface area contributed by atoms with Gasteiger partial charge in [0.2, 0.25) is 0 Å². The molecule has 0 saturated heterocycles. The SMILES string of the molecule is Cc1cccc(C)c1Oc1nnn(C(=O)OC(Cl)(Cl)Cl)n1. The van der Waals surface area contributed by atoms with Gasteiger partial charge in [-0.25, -0.2) is 4.79 Å². The molecular formula is C11H9Cl3N4O3. The number of rotatable bonds is 2. The van der Waals surface area contributed by atoms with Gasteiger partial charge in [-0.15, -0.1) is 0 Å². The van der Waals surface area contributed by atoms with E-state index in [-0.39, 0.29) is 6.01 Å². The summed E-state index contributed by atoms with van der Waals surface area (Å²) in [5.74, 6) is 0.576. The van der Waals surface area contributed by atoms with Gasteiger partial charge < -0.3 is 9.47 Å². The number of hydrogen-bond donors (Lipinski definition) is 0. The lowest BCUT2D eigenvalue weighted by atomic mass is 10.1. The quantitative estimate of drug-likeness (QED) is 0.772. The molecule has 1 aromatic carbocycles. The number of benzene rings is 1. The Morgan fingerprint density at radius 1 is 1.24 bits per heavy atom. The van der Waals surface area contributed by atoms with Crippen molar-refractivity contribution in [3.05, 3.63) is 29.3 Å². The molecule has 0 amide bonds. The summed E-state index contributed by atoms with van der Waals surface area (Å²) in [5.41, 5.74) is 1.77. The number of nitrogens with zero attached hydrogens (tertiary/aromatic N) is 4. The monoisotopic (exact) mass is 350 g/mol. The molecule has 0 saturated carbocycles. The van der Waals surface area contributed by atoms with Crippen molar-refractivity contribution in [1.29, 1.82) is 0 Å². The molecular weight excluding hydrogens is 343 g/mol. The second-order valence-corrected chi connectivity index (χ2v) is 6.18. The van der Waals surface area contributed by atoms with Gasteiger partial charge in [0.15, 0.2) is 0 Å². The van der Waals surface area contributed by atoms with Crippen LogP contribution in [0.2, 0.25) is 0 Å². The van der Waals surface area contributed by atoms with E-state index in [9.17, 15) is 4.79 Å². The Kier molecular flexibility index (Phi) is 4.55. The van der Waals surface area contributed by atoms with Gasteiger partial charge in [-0.3, -0.25) is 0 Å². The van der Waals surface area contributed by atoms with E-state index >= 15 is 0 Å². The van der Waals surface area contributed by atoms with Crippen molar-refractivity contribution in [3.8, 4) is 11.8 Å². The topological polar surface area (TPSA) is 79.1 Å². The Morgan fingerprint density at radius 3 is 2.43 bits per heavy atom. The number of para-hydroxylation sites is 1. The zero-order valence-corrected chi connectivity index (χ0v) is 13.1. The molecule has 0 aliphatic heterocycles. The number of hydrogen-bond acceptors (Lipinski definition) is 6. The first-order valence-electron chi connectivity index (χ1n) is 5.60. The van der Waals surface area contributed by atoms with Crippen LogP contribution < -0.4 is 4.74 Å². The maximum absolute atomic E-state index is 11.5. The maximum atomic E-state index is 11.5. The number of alkyl halides is 3. The average Bonchev–Trinajstić information content (AvgIpc) is 2.80. The van der Waals surface area contributed by atoms with E-state index in [4.69, 9.17) is 39.5 Å². The van der Waals surface area contributed by atoms with Crippen LogP contribution in [0.1, 0.15) is 11.1 Å². The molecule has 0 bridgehead atoms. The largest absolute Gasteiger partial charge is 0.457 e. The normalized spacial score (nSPS) is 11.3. The Balaban J connectivity index is 2.16. The van der Waals surface area contributed by atoms with Crippen LogP contribution in [-0.4, -0.2) is 30.3 Å². The van der Waals surface area contributed by atoms with Crippen LogP contribution >= 0.6 is 34.8 Å². The molecule has 2 rings (SSSR count). The predicted octanol–water partition coefficient (Wildman–Crippen LogP) is 3.39. The molecule has 21 heavy (non-hydrogen) atoms. The van der Waals surface area contributed by atoms with Crippen molar-refractivity contribution in [1.82, 2.24) is 20.2 Å². The van der Waals surface area contributed by atoms with Crippen molar-refractivity contribution < 1.29 is 14.3 Å². The highest BCUT2D eigenvalue weighted by molar-refractivity contribution is 6.66. The van der Waals surface area contributed by atoms with Crippen LogP contribution in [0.15, 0.2) is 18.2 Å². The summed E-state index contributed by atoms with van der Waals surface area (Å²) in [5, 5.41) is 10.7. The molecule has 10 heteroatoms. The summed E-state index contributed by atoms with van der Waals surface area (Å²) < 4.78 is 7.71. The van der Waals surface area contributed by atoms with Crippen molar-refractivity contribution in [3.63, 3.8) is 0 Å². The number of halogens is 3. The Bertz CT molecular complexity index is 649. The van der Waals surface area contributed by atoms with E-state index in [0.29, 0.717) is 10.5 Å². The summed E-state index contributed by atoms with van der Waals surface area (Å²) in [6, 6.07) is 5.49. The first kappa shape index (κ1) is 15.8. The van der Waals surface area contributed by atoms with Crippen molar-refractivity contribution >= 4 is 40.9 Å². The minimum Gasteiger partial charge on any atom is -0.422 e. The van der Waals surface area contributed by atoms with Crippen LogP contribution in [-0.2, 0) is 4.74 Å². The predicted molar refractivity (Wildman–Crippen MR) is 76.0 cm³/mol. The van der Waals surface area contributed by atoms with Crippen LogP contribution in [0.5, 0.6) is 11.8 Å². The third-order valence-electron chi connectivity index (χ3n) is 2.36. The molecule has 2 aromatic rings. The van der Waals surface area contributed by atoms with Crippen LogP contribution in [0, 0.1) is 13.8 Å². The van der Waals surface area contributed by atoms with Gasteiger partial charge in [-0.1, -0.05) is 33.2 Å². The summed E-state index contributed by atoms with van der Waals surface area (Å²) >= 11 is 16.0. The molecule has 0 fully saturated rings. The van der Waals surface area contributed by atoms with Crippen LogP contribution in [0.3, 0.4) is 0 Å². The first-order valence-corrected chi connectivity index (χ1v) is 6.74. The highest BCUT2D eigenvalue weighted by Gasteiger charge is 2.28. The van der Waals surface area contributed by atoms with Crippen molar-refractivity contribution in [2.75, 3.05) is 0 Å². The highest BCUT2D eigenvalue weighted by Crippen LogP contribution is 2.28. The summed E-state index contributed by atoms with van der Waals surface area (Å²) in [6.07, 6.45) is -1.10. The third-order valence-corrected chi connectivity index (χ3v) is 2.60. The number of tetrazole rings is 1. The molecule has 0 N–H and O–H groups in total. The molecule has 0 radical (unpaired) electrons. The molecule has 7 nitrogen and oxygen atoms in total. The van der Waals surface area contributed by atoms with E-state index in [0.717, 1.165) is 11.1 Å². The van der Waals surface area contributed by atoms with Gasteiger partial charge in [0.05, 0.1) is 0 Å². The Labute approximate surface area is 134 Å². The van der Waals surface area contributed by atoms with Gasteiger partial charge in [-0.05, 0) is 65.0 Å². The van der Waals surface area contributed by atoms with Crippen LogP contribution in [0.4, 0.5) is 4.79 Å². The fourth-order valence-electron chi connectivity index (χ4n) is 1.51. The number of aryl methyl sites for hydroxylation is 2. The lowest BCUT2D eigenvalue weighted by Crippen LogP contribution is -2.23. The zero-order valence-electron chi connectivity index (χ0n) is 10.9. The van der Waals surface area contributed by atoms with Crippen LogP contribution in [0.25, 0.3) is 0 Å². The first-order chi connectivity index (χ1) is 9.76. The standard InChI is InChI=1S/C11H9Cl3N4O3/c1-6-4-3-5-7(2)8(6)20-9-15-17-18(16-9)10(19)21-11(12,13)14/h3-5H,1-2H3. The summed E-state index contributed by atoms with van der Waals surface area (Å²) in [4.78, 5) is 12.0. The third kappa shape index (κ3) is 4.20. The van der Waals surface area contributed by atoms with Crippen molar-refractivity contribution in [2.24, 2.45) is 0 Å². The number of aromatic nitrogens is 4. The Hall–Kier alpha value is -1.57. The molecule has 1 heterocycles. The molecule has 0 spiro atoms. The fraction of sp³-hybridized carbons (Fsp3) is 0.273. The molecule has 0 unspecified atom stereocenters. The van der Waals surface area contributed by atoms with Gasteiger partial charge in [0.25, 0.3) is 0 Å². The van der Waals surface area contributed by atoms with E-state index in [1.807, 2.05) is 32.0 Å². The lowest BCUT2D eigenvalue weighted by Gasteiger charge is -2.09. The number of carbonyl (C=O) groups is 1. The van der Waals surface area contributed by atoms with E-state index in [2.05, 4.69) is 20.1 Å². The van der Waals surface area contributed by atoms with Gasteiger partial charge in [0, 0.05) is 0 Å².